The Morgan fingerprint density at radius 2 is 1.69 bits per heavy atom. The summed E-state index contributed by atoms with van der Waals surface area (Å²) in [5.74, 6) is 0. The van der Waals surface area contributed by atoms with Gasteiger partial charge in [0.1, 0.15) is 0 Å². The van der Waals surface area contributed by atoms with Gasteiger partial charge in [-0.15, -0.1) is 22.7 Å². The number of thiophene rings is 2. The molecule has 0 bridgehead atoms. The fourth-order valence-electron chi connectivity index (χ4n) is 1.54. The van der Waals surface area contributed by atoms with Crippen LogP contribution in [0.3, 0.4) is 0 Å². The van der Waals surface area contributed by atoms with E-state index in [0.29, 0.717) is 0 Å². The molecule has 0 saturated carbocycles. The molecule has 0 aromatic carbocycles. The van der Waals surface area contributed by atoms with Gasteiger partial charge in [0.25, 0.3) is 0 Å². The van der Waals surface area contributed by atoms with Gasteiger partial charge in [-0.05, 0) is 29.0 Å². The van der Waals surface area contributed by atoms with Crippen molar-refractivity contribution in [3.8, 4) is 0 Å². The highest BCUT2D eigenvalue weighted by molar-refractivity contribution is 7.85. The quantitative estimate of drug-likeness (QED) is 0.566. The molecule has 3 rings (SSSR count). The molecule has 1 aliphatic rings. The molecule has 0 N–H and O–H groups in total. The topological polar surface area (TPSA) is 0 Å². The van der Waals surface area contributed by atoms with E-state index in [1.165, 1.54) is 28.6 Å². The van der Waals surface area contributed by atoms with Crippen LogP contribution in [0.4, 0.5) is 0 Å². The molecule has 1 aliphatic heterocycles. The van der Waals surface area contributed by atoms with Gasteiger partial charge in [-0.2, -0.15) is 0 Å². The molecule has 4 heteroatoms. The zero-order chi connectivity index (χ0) is 11.0. The van der Waals surface area contributed by atoms with Crippen LogP contribution in [-0.4, -0.2) is 10.2 Å². The van der Waals surface area contributed by atoms with E-state index in [0.717, 1.165) is 4.86 Å². The molecule has 2 aromatic heterocycles. The van der Waals surface area contributed by atoms with Crippen LogP contribution in [0.2, 0.25) is 0 Å². The van der Waals surface area contributed by atoms with Gasteiger partial charge in [-0.1, -0.05) is 32.6 Å². The van der Waals surface area contributed by atoms with Gasteiger partial charge in [0.05, 0.1) is 4.86 Å². The molecule has 0 saturated heterocycles. The van der Waals surface area contributed by atoms with Crippen molar-refractivity contribution in [1.29, 1.82) is 0 Å². The fraction of sp³-hybridized carbons (Fsp3) is 0. The molecule has 0 atom stereocenters. The van der Waals surface area contributed by atoms with E-state index >= 15 is 0 Å². The van der Waals surface area contributed by atoms with Gasteiger partial charge in [0, 0.05) is 20.4 Å². The molecular formula is C12H7PS3. The Morgan fingerprint density at radius 3 is 2.31 bits per heavy atom. The molecular weight excluding hydrogens is 271 g/mol. The second-order valence-electron chi connectivity index (χ2n) is 3.31. The third kappa shape index (κ3) is 1.85. The van der Waals surface area contributed by atoms with Crippen LogP contribution in [0, 0.1) is 0 Å². The normalized spacial score (nSPS) is 16.1. The number of allylic oxidation sites excluding steroid dienone is 1. The van der Waals surface area contributed by atoms with E-state index in [1.807, 2.05) is 0 Å². The first kappa shape index (κ1) is 10.5. The fourth-order valence-corrected chi connectivity index (χ4v) is 4.95. The predicted molar refractivity (Wildman–Crippen MR) is 80.2 cm³/mol. The highest BCUT2D eigenvalue weighted by atomic mass is 32.1. The first-order valence-corrected chi connectivity index (χ1v) is 7.83. The van der Waals surface area contributed by atoms with Crippen molar-refractivity contribution in [2.24, 2.45) is 0 Å². The zero-order valence-electron chi connectivity index (χ0n) is 8.21. The molecule has 0 radical (unpaired) electrons. The number of rotatable bonds is 2. The third-order valence-electron chi connectivity index (χ3n) is 2.26. The monoisotopic (exact) mass is 278 g/mol. The Kier molecular flexibility index (Phi) is 2.86. The van der Waals surface area contributed by atoms with Crippen LogP contribution in [0.5, 0.6) is 0 Å². The highest BCUT2D eigenvalue weighted by Gasteiger charge is 2.17. The summed E-state index contributed by atoms with van der Waals surface area (Å²) in [5, 5.41) is 6.83. The van der Waals surface area contributed by atoms with Crippen LogP contribution < -0.4 is 0 Å². The lowest BCUT2D eigenvalue weighted by Crippen LogP contribution is -2.02. The number of thiocarbonyl (C=S) groups is 1. The molecule has 3 heterocycles. The van der Waals surface area contributed by atoms with E-state index in [4.69, 9.17) is 12.2 Å². The summed E-state index contributed by atoms with van der Waals surface area (Å²) in [7, 11) is 1.25. The summed E-state index contributed by atoms with van der Waals surface area (Å²) in [4.78, 5) is 3.62. The van der Waals surface area contributed by atoms with Gasteiger partial charge >= 0.3 is 0 Å². The van der Waals surface area contributed by atoms with Gasteiger partial charge in [0.15, 0.2) is 0 Å². The first-order chi connectivity index (χ1) is 7.84. The number of hydrogen-bond acceptors (Lipinski definition) is 3. The van der Waals surface area contributed by atoms with E-state index in [1.54, 1.807) is 22.7 Å². The van der Waals surface area contributed by atoms with Crippen LogP contribution >= 0.6 is 43.1 Å². The van der Waals surface area contributed by atoms with Crippen molar-refractivity contribution >= 4 is 58.6 Å². The van der Waals surface area contributed by atoms with Crippen LogP contribution in [0.1, 0.15) is 9.75 Å². The third-order valence-corrected chi connectivity index (χ3v) is 6.14. The highest BCUT2D eigenvalue weighted by Crippen LogP contribution is 2.37. The maximum absolute atomic E-state index is 5.43. The molecule has 16 heavy (non-hydrogen) atoms. The van der Waals surface area contributed by atoms with Crippen molar-refractivity contribution < 1.29 is 0 Å². The summed E-state index contributed by atoms with van der Waals surface area (Å²) < 4.78 is 0. The Labute approximate surface area is 109 Å². The molecule has 0 aliphatic carbocycles. The Morgan fingerprint density at radius 1 is 1.00 bits per heavy atom. The van der Waals surface area contributed by atoms with E-state index < -0.39 is 0 Å². The lowest BCUT2D eigenvalue weighted by atomic mass is 10.2. The summed E-state index contributed by atoms with van der Waals surface area (Å²) in [6.07, 6.45) is 2.14. The van der Waals surface area contributed by atoms with Gasteiger partial charge in [-0.3, -0.25) is 0 Å². The van der Waals surface area contributed by atoms with Crippen molar-refractivity contribution in [1.82, 2.24) is 0 Å². The summed E-state index contributed by atoms with van der Waals surface area (Å²) >= 11 is 8.97. The summed E-state index contributed by atoms with van der Waals surface area (Å²) in [6.45, 7) is 0. The Balaban J connectivity index is 2.01. The van der Waals surface area contributed by atoms with Crippen molar-refractivity contribution in [3.05, 3.63) is 50.9 Å². The van der Waals surface area contributed by atoms with Crippen LogP contribution in [0.15, 0.2) is 41.1 Å². The molecule has 0 fully saturated rings. The molecule has 0 nitrogen and oxygen atoms in total. The second-order valence-corrected chi connectivity index (χ2v) is 6.80. The summed E-state index contributed by atoms with van der Waals surface area (Å²) in [5.41, 5.74) is 0. The van der Waals surface area contributed by atoms with Gasteiger partial charge in [0.2, 0.25) is 0 Å². The average molecular weight is 278 g/mol. The Bertz CT molecular complexity index is 539. The minimum absolute atomic E-state index is 0.993. The minimum atomic E-state index is 0.993. The van der Waals surface area contributed by atoms with Crippen LogP contribution in [-0.2, 0) is 0 Å². The average Bonchev–Trinajstić information content (AvgIpc) is 2.97. The van der Waals surface area contributed by atoms with Gasteiger partial charge < -0.3 is 0 Å². The molecule has 0 spiro atoms. The van der Waals surface area contributed by atoms with Crippen molar-refractivity contribution in [2.75, 3.05) is 0 Å². The SMILES string of the molecule is S=C1C=C(c2cccs2)P=C1c1cccs1. The van der Waals surface area contributed by atoms with Crippen LogP contribution in [0.25, 0.3) is 5.31 Å². The molecule has 0 unspecified atom stereocenters. The minimum Gasteiger partial charge on any atom is -0.143 e. The van der Waals surface area contributed by atoms with E-state index in [-0.39, 0.29) is 0 Å². The zero-order valence-corrected chi connectivity index (χ0v) is 11.6. The van der Waals surface area contributed by atoms with E-state index in [9.17, 15) is 0 Å². The lowest BCUT2D eigenvalue weighted by Gasteiger charge is -1.94. The maximum Gasteiger partial charge on any atom is 0.0519 e. The largest absolute Gasteiger partial charge is 0.143 e. The van der Waals surface area contributed by atoms with Crippen molar-refractivity contribution in [2.45, 2.75) is 0 Å². The first-order valence-electron chi connectivity index (χ1n) is 4.77. The molecule has 0 amide bonds. The number of hydrogen-bond donors (Lipinski definition) is 0. The smallest absolute Gasteiger partial charge is 0.0519 e. The van der Waals surface area contributed by atoms with Gasteiger partial charge in [-0.25, -0.2) is 0 Å². The standard InChI is InChI=1S/C12H7PS3/c14-9-7-8(10-3-1-5-15-10)13-12(9)11-4-2-6-16-11/h1-7H. The second kappa shape index (κ2) is 4.34. The Hall–Kier alpha value is -0.600. The van der Waals surface area contributed by atoms with E-state index in [2.05, 4.69) is 41.1 Å². The molecule has 78 valence electrons. The lowest BCUT2D eigenvalue weighted by molar-refractivity contribution is 1.94. The van der Waals surface area contributed by atoms with Crippen molar-refractivity contribution in [3.63, 3.8) is 0 Å². The predicted octanol–water partition coefficient (Wildman–Crippen LogP) is 4.70. The molecule has 2 aromatic rings. The maximum atomic E-state index is 5.43. The summed E-state index contributed by atoms with van der Waals surface area (Å²) in [6, 6.07) is 8.46.